The topological polar surface area (TPSA) is 54.5 Å². The van der Waals surface area contributed by atoms with Gasteiger partial charge in [-0.25, -0.2) is 4.98 Å². The van der Waals surface area contributed by atoms with Crippen LogP contribution in [-0.4, -0.2) is 30.6 Å². The zero-order valence-electron chi connectivity index (χ0n) is 16.1. The Hall–Kier alpha value is -3.08. The lowest BCUT2D eigenvalue weighted by atomic mass is 10.0. The highest BCUT2D eigenvalue weighted by molar-refractivity contribution is 5.92. The third kappa shape index (κ3) is 4.25. The van der Waals surface area contributed by atoms with E-state index in [0.717, 1.165) is 35.5 Å². The molecular weight excluding hydrogens is 350 g/mol. The molecule has 1 aromatic heterocycles. The summed E-state index contributed by atoms with van der Waals surface area (Å²) in [5.41, 5.74) is 1.55. The molecule has 1 amide bonds. The normalized spacial score (nSPS) is 16.8. The van der Waals surface area contributed by atoms with Gasteiger partial charge in [0.25, 0.3) is 5.91 Å². The van der Waals surface area contributed by atoms with E-state index in [1.54, 1.807) is 0 Å². The molecule has 5 nitrogen and oxygen atoms in total. The minimum Gasteiger partial charge on any atom is -0.481 e. The zero-order valence-corrected chi connectivity index (χ0v) is 16.1. The van der Waals surface area contributed by atoms with Crippen LogP contribution in [0.5, 0.6) is 5.75 Å². The lowest BCUT2D eigenvalue weighted by molar-refractivity contribution is -0.118. The van der Waals surface area contributed by atoms with Crippen molar-refractivity contribution in [1.82, 2.24) is 4.98 Å². The van der Waals surface area contributed by atoms with Crippen LogP contribution in [-0.2, 0) is 4.79 Å². The molecule has 28 heavy (non-hydrogen) atoms. The number of aromatic nitrogens is 1. The monoisotopic (exact) mass is 375 g/mol. The van der Waals surface area contributed by atoms with Crippen LogP contribution < -0.4 is 15.0 Å². The molecule has 0 saturated carbocycles. The van der Waals surface area contributed by atoms with Crippen LogP contribution in [0.4, 0.5) is 11.5 Å². The molecule has 3 aromatic rings. The molecule has 4 rings (SSSR count). The van der Waals surface area contributed by atoms with Gasteiger partial charge in [0.1, 0.15) is 17.1 Å². The Balaban J connectivity index is 1.50. The number of amides is 1. The molecule has 0 radical (unpaired) electrons. The van der Waals surface area contributed by atoms with Crippen molar-refractivity contribution >= 4 is 28.3 Å². The lowest BCUT2D eigenvalue weighted by Gasteiger charge is -2.32. The fourth-order valence-corrected chi connectivity index (χ4v) is 3.66. The van der Waals surface area contributed by atoms with Crippen LogP contribution >= 0.6 is 0 Å². The highest BCUT2D eigenvalue weighted by atomic mass is 16.5. The number of nitrogens with zero attached hydrogens (tertiary/aromatic N) is 2. The molecule has 1 saturated heterocycles. The van der Waals surface area contributed by atoms with Crippen LogP contribution in [0.25, 0.3) is 10.9 Å². The smallest absolute Gasteiger partial charge is 0.262 e. The quantitative estimate of drug-likeness (QED) is 0.714. The molecule has 5 heteroatoms. The number of hydrogen-bond donors (Lipinski definition) is 1. The fourth-order valence-electron chi connectivity index (χ4n) is 3.66. The maximum absolute atomic E-state index is 12.2. The van der Waals surface area contributed by atoms with Gasteiger partial charge in [0.05, 0.1) is 0 Å². The molecule has 0 spiro atoms. The maximum atomic E-state index is 12.2. The number of anilines is 2. The number of hydrogen-bond acceptors (Lipinski definition) is 4. The van der Waals surface area contributed by atoms with Gasteiger partial charge in [0, 0.05) is 24.2 Å². The summed E-state index contributed by atoms with van der Waals surface area (Å²) in [6.45, 7) is 4.29. The first-order valence-corrected chi connectivity index (χ1v) is 9.81. The summed E-state index contributed by atoms with van der Waals surface area (Å²) in [5, 5.41) is 3.84. The highest BCUT2D eigenvalue weighted by Gasteiger charge is 2.18. The van der Waals surface area contributed by atoms with E-state index >= 15 is 0 Å². The Bertz CT molecular complexity index is 958. The standard InChI is InChI=1S/C23H25N3O2/c1-17-7-6-14-26(15-17)21-13-12-18-8-5-11-20(23(18)25-21)28-16-22(27)24-19-9-3-2-4-10-19/h2-5,8-13,17H,6-7,14-16H2,1H3,(H,24,27). The lowest BCUT2D eigenvalue weighted by Crippen LogP contribution is -2.34. The summed E-state index contributed by atoms with van der Waals surface area (Å²) in [6.07, 6.45) is 2.47. The summed E-state index contributed by atoms with van der Waals surface area (Å²) in [4.78, 5) is 19.4. The Morgan fingerprint density at radius 1 is 1.14 bits per heavy atom. The number of nitrogens with one attached hydrogen (secondary N) is 1. The summed E-state index contributed by atoms with van der Waals surface area (Å²) >= 11 is 0. The first-order chi connectivity index (χ1) is 13.7. The van der Waals surface area contributed by atoms with Crippen LogP contribution in [0.1, 0.15) is 19.8 Å². The van der Waals surface area contributed by atoms with E-state index in [1.807, 2.05) is 48.5 Å². The van der Waals surface area contributed by atoms with Gasteiger partial charge in [0.15, 0.2) is 6.61 Å². The molecule has 1 unspecified atom stereocenters. The number of benzene rings is 2. The molecule has 1 N–H and O–H groups in total. The third-order valence-electron chi connectivity index (χ3n) is 5.07. The Kier molecular flexibility index (Phi) is 5.42. The molecule has 0 aliphatic carbocycles. The van der Waals surface area contributed by atoms with Gasteiger partial charge in [0.2, 0.25) is 0 Å². The van der Waals surface area contributed by atoms with E-state index in [9.17, 15) is 4.79 Å². The van der Waals surface area contributed by atoms with Crippen molar-refractivity contribution in [2.75, 3.05) is 29.9 Å². The summed E-state index contributed by atoms with van der Waals surface area (Å²) in [5.74, 6) is 2.10. The number of piperidine rings is 1. The van der Waals surface area contributed by atoms with Crippen LogP contribution in [0.3, 0.4) is 0 Å². The average molecular weight is 375 g/mol. The maximum Gasteiger partial charge on any atom is 0.262 e. The Morgan fingerprint density at radius 3 is 2.82 bits per heavy atom. The van der Waals surface area contributed by atoms with E-state index in [-0.39, 0.29) is 12.5 Å². The fraction of sp³-hybridized carbons (Fsp3) is 0.304. The predicted molar refractivity (Wildman–Crippen MR) is 113 cm³/mol. The second kappa shape index (κ2) is 8.30. The Labute approximate surface area is 165 Å². The number of rotatable bonds is 5. The summed E-state index contributed by atoms with van der Waals surface area (Å²) in [7, 11) is 0. The van der Waals surface area contributed by atoms with Crippen molar-refractivity contribution in [3.05, 3.63) is 60.7 Å². The molecule has 2 heterocycles. The number of para-hydroxylation sites is 2. The van der Waals surface area contributed by atoms with Crippen molar-refractivity contribution < 1.29 is 9.53 Å². The SMILES string of the molecule is CC1CCCN(c2ccc3cccc(OCC(=O)Nc4ccccc4)c3n2)C1. The largest absolute Gasteiger partial charge is 0.481 e. The summed E-state index contributed by atoms with van der Waals surface area (Å²) < 4.78 is 5.82. The minimum atomic E-state index is -0.191. The first-order valence-electron chi connectivity index (χ1n) is 9.81. The Morgan fingerprint density at radius 2 is 2.00 bits per heavy atom. The number of ether oxygens (including phenoxy) is 1. The predicted octanol–water partition coefficient (Wildman–Crippen LogP) is 4.49. The van der Waals surface area contributed by atoms with Gasteiger partial charge in [-0.1, -0.05) is 37.3 Å². The summed E-state index contributed by atoms with van der Waals surface area (Å²) in [6, 6.07) is 19.3. The third-order valence-corrected chi connectivity index (χ3v) is 5.07. The van der Waals surface area contributed by atoms with Gasteiger partial charge in [-0.15, -0.1) is 0 Å². The van der Waals surface area contributed by atoms with Gasteiger partial charge < -0.3 is 15.0 Å². The zero-order chi connectivity index (χ0) is 19.3. The van der Waals surface area contributed by atoms with E-state index < -0.39 is 0 Å². The highest BCUT2D eigenvalue weighted by Crippen LogP contribution is 2.28. The van der Waals surface area contributed by atoms with E-state index in [1.165, 1.54) is 12.8 Å². The second-order valence-corrected chi connectivity index (χ2v) is 7.39. The van der Waals surface area contributed by atoms with Crippen molar-refractivity contribution in [3.8, 4) is 5.75 Å². The number of fused-ring (bicyclic) bond motifs is 1. The van der Waals surface area contributed by atoms with Crippen molar-refractivity contribution in [2.45, 2.75) is 19.8 Å². The molecule has 0 bridgehead atoms. The van der Waals surface area contributed by atoms with Gasteiger partial charge in [-0.2, -0.15) is 0 Å². The van der Waals surface area contributed by atoms with E-state index in [2.05, 4.69) is 29.3 Å². The van der Waals surface area contributed by atoms with Crippen LogP contribution in [0.15, 0.2) is 60.7 Å². The minimum absolute atomic E-state index is 0.0549. The molecular formula is C23H25N3O2. The van der Waals surface area contributed by atoms with Crippen molar-refractivity contribution in [2.24, 2.45) is 5.92 Å². The molecule has 1 fully saturated rings. The average Bonchev–Trinajstić information content (AvgIpc) is 2.72. The molecule has 144 valence electrons. The number of pyridine rings is 1. The molecule has 2 aromatic carbocycles. The van der Waals surface area contributed by atoms with Crippen LogP contribution in [0, 0.1) is 5.92 Å². The first kappa shape index (κ1) is 18.3. The van der Waals surface area contributed by atoms with E-state index in [0.29, 0.717) is 11.7 Å². The second-order valence-electron chi connectivity index (χ2n) is 7.39. The molecule has 1 atom stereocenters. The van der Waals surface area contributed by atoms with Crippen molar-refractivity contribution in [1.29, 1.82) is 0 Å². The molecule has 1 aliphatic rings. The number of carbonyl (C=O) groups is 1. The molecule has 1 aliphatic heterocycles. The van der Waals surface area contributed by atoms with E-state index in [4.69, 9.17) is 9.72 Å². The van der Waals surface area contributed by atoms with Gasteiger partial charge in [-0.05, 0) is 49.1 Å². The van der Waals surface area contributed by atoms with Gasteiger partial charge in [-0.3, -0.25) is 4.79 Å². The van der Waals surface area contributed by atoms with Crippen molar-refractivity contribution in [3.63, 3.8) is 0 Å². The van der Waals surface area contributed by atoms with Gasteiger partial charge >= 0.3 is 0 Å². The van der Waals surface area contributed by atoms with Crippen LogP contribution in [0.2, 0.25) is 0 Å². The number of carbonyl (C=O) groups excluding carboxylic acids is 1.